The molecule has 0 unspecified atom stereocenters. The normalized spacial score (nSPS) is 24.5. The monoisotopic (exact) mass is 426 g/mol. The zero-order valence-electron chi connectivity index (χ0n) is 13.9. The number of hydrogen-bond acceptors (Lipinski definition) is 2. The van der Waals surface area contributed by atoms with E-state index in [1.54, 1.807) is 0 Å². The number of ether oxygens (including phenoxy) is 1. The van der Waals surface area contributed by atoms with Crippen molar-refractivity contribution < 1.29 is 9.53 Å². The van der Waals surface area contributed by atoms with E-state index in [9.17, 15) is 4.79 Å². The van der Waals surface area contributed by atoms with E-state index in [1.165, 1.54) is 64.2 Å². The van der Waals surface area contributed by atoms with Crippen LogP contribution >= 0.6 is 26.3 Å². The van der Waals surface area contributed by atoms with Crippen molar-refractivity contribution in [2.45, 2.75) is 95.5 Å². The van der Waals surface area contributed by atoms with Crippen LogP contribution in [0.15, 0.2) is 0 Å². The van der Waals surface area contributed by atoms with Gasteiger partial charge in [0.2, 0.25) is 0 Å². The standard InChI is InChI=1S/C17H32IO2P/c1-14(2)20-17(19)21(3,18,15-10-6-4-7-11-15)16-12-8-5-9-13-16/h14-16H,4-13H2,1-3H3. The molecule has 0 N–H and O–H groups in total. The molecule has 0 aromatic carbocycles. The van der Waals surface area contributed by atoms with E-state index in [0.29, 0.717) is 11.3 Å². The predicted octanol–water partition coefficient (Wildman–Crippen LogP) is 6.73. The predicted molar refractivity (Wildman–Crippen MR) is 102 cm³/mol. The van der Waals surface area contributed by atoms with Gasteiger partial charge in [0, 0.05) is 0 Å². The molecule has 0 aromatic heterocycles. The van der Waals surface area contributed by atoms with Gasteiger partial charge in [-0.25, -0.2) is 0 Å². The maximum atomic E-state index is 13.2. The summed E-state index contributed by atoms with van der Waals surface area (Å²) in [5, 5.41) is 0. The van der Waals surface area contributed by atoms with Crippen LogP contribution in [0.2, 0.25) is 0 Å². The summed E-state index contributed by atoms with van der Waals surface area (Å²) in [6.45, 7) is 6.35. The Balaban J connectivity index is 2.32. The van der Waals surface area contributed by atoms with Crippen molar-refractivity contribution in [3.63, 3.8) is 0 Å². The van der Waals surface area contributed by atoms with Gasteiger partial charge in [-0.15, -0.1) is 0 Å². The molecule has 2 saturated carbocycles. The summed E-state index contributed by atoms with van der Waals surface area (Å²) in [6.07, 6.45) is 12.9. The van der Waals surface area contributed by atoms with Crippen LogP contribution < -0.4 is 0 Å². The summed E-state index contributed by atoms with van der Waals surface area (Å²) in [5.41, 5.74) is 1.41. The Morgan fingerprint density at radius 2 is 1.33 bits per heavy atom. The van der Waals surface area contributed by atoms with Gasteiger partial charge in [-0.2, -0.15) is 0 Å². The van der Waals surface area contributed by atoms with Crippen LogP contribution in [0.1, 0.15) is 78.1 Å². The van der Waals surface area contributed by atoms with E-state index in [1.807, 2.05) is 13.8 Å². The first kappa shape index (κ1) is 18.0. The molecule has 0 heterocycles. The fraction of sp³-hybridized carbons (Fsp3) is 0.941. The van der Waals surface area contributed by atoms with Crippen LogP contribution in [-0.4, -0.2) is 29.8 Å². The Labute approximate surface area is 143 Å². The molecule has 0 aromatic rings. The van der Waals surface area contributed by atoms with Crippen molar-refractivity contribution >= 4 is 32.0 Å². The van der Waals surface area contributed by atoms with Gasteiger partial charge < -0.3 is 0 Å². The van der Waals surface area contributed by atoms with E-state index in [0.717, 1.165) is 0 Å². The summed E-state index contributed by atoms with van der Waals surface area (Å²) in [5.74, 6) is 0. The molecule has 0 spiro atoms. The van der Waals surface area contributed by atoms with Gasteiger partial charge in [0.15, 0.2) is 0 Å². The number of carbonyl (C=O) groups is 1. The van der Waals surface area contributed by atoms with E-state index >= 15 is 0 Å². The molecule has 0 aliphatic heterocycles. The summed E-state index contributed by atoms with van der Waals surface area (Å²) in [4.78, 5) is 13.2. The molecular weight excluding hydrogens is 394 g/mol. The van der Waals surface area contributed by atoms with E-state index in [-0.39, 0.29) is 11.8 Å². The number of hydrogen-bond donors (Lipinski definition) is 0. The maximum absolute atomic E-state index is 13.2. The van der Waals surface area contributed by atoms with Gasteiger partial charge >= 0.3 is 144 Å². The van der Waals surface area contributed by atoms with Crippen molar-refractivity contribution in [2.24, 2.45) is 0 Å². The van der Waals surface area contributed by atoms with Gasteiger partial charge in [-0.05, 0) is 0 Å². The first-order valence-electron chi connectivity index (χ1n) is 8.79. The second-order valence-corrected chi connectivity index (χ2v) is 20.3. The van der Waals surface area contributed by atoms with E-state index in [4.69, 9.17) is 4.74 Å². The van der Waals surface area contributed by atoms with Crippen LogP contribution in [0.25, 0.3) is 0 Å². The van der Waals surface area contributed by atoms with Crippen molar-refractivity contribution in [1.29, 1.82) is 0 Å². The van der Waals surface area contributed by atoms with Gasteiger partial charge in [0.05, 0.1) is 0 Å². The van der Waals surface area contributed by atoms with E-state index < -0.39 is 4.25 Å². The Morgan fingerprint density at radius 3 is 1.67 bits per heavy atom. The van der Waals surface area contributed by atoms with Crippen molar-refractivity contribution in [1.82, 2.24) is 0 Å². The quantitative estimate of drug-likeness (QED) is 0.368. The molecule has 0 atom stereocenters. The average molecular weight is 426 g/mol. The van der Waals surface area contributed by atoms with Crippen LogP contribution in [0.4, 0.5) is 4.79 Å². The van der Waals surface area contributed by atoms with E-state index in [2.05, 4.69) is 28.7 Å². The Morgan fingerprint density at radius 1 is 0.952 bits per heavy atom. The minimum atomic E-state index is -2.50. The van der Waals surface area contributed by atoms with Gasteiger partial charge in [0.1, 0.15) is 0 Å². The van der Waals surface area contributed by atoms with Crippen molar-refractivity contribution in [3.05, 3.63) is 0 Å². The minimum absolute atomic E-state index is 0.0147. The molecule has 2 rings (SSSR count). The SMILES string of the molecule is CC(C)OC(=O)P(C)(I)(C1CCCCC1)C1CCCCC1. The first-order chi connectivity index (χ1) is 9.85. The topological polar surface area (TPSA) is 26.3 Å². The van der Waals surface area contributed by atoms with Crippen LogP contribution in [0.5, 0.6) is 0 Å². The van der Waals surface area contributed by atoms with Gasteiger partial charge in [-0.1, -0.05) is 0 Å². The summed E-state index contributed by atoms with van der Waals surface area (Å²) >= 11 is 2.66. The molecule has 0 bridgehead atoms. The fourth-order valence-electron chi connectivity index (χ4n) is 4.36. The number of halogens is 1. The molecule has 124 valence electrons. The van der Waals surface area contributed by atoms with Gasteiger partial charge in [0.25, 0.3) is 0 Å². The molecule has 2 nitrogen and oxygen atoms in total. The molecule has 0 radical (unpaired) electrons. The Kier molecular flexibility index (Phi) is 6.02. The molecule has 2 fully saturated rings. The first-order valence-corrected chi connectivity index (χ1v) is 14.4. The van der Waals surface area contributed by atoms with Crippen LogP contribution in [0.3, 0.4) is 0 Å². The van der Waals surface area contributed by atoms with Crippen molar-refractivity contribution in [2.75, 3.05) is 6.66 Å². The molecule has 0 saturated heterocycles. The molecule has 2 aliphatic rings. The second-order valence-electron chi connectivity index (χ2n) is 7.61. The summed E-state index contributed by atoms with van der Waals surface area (Å²) in [7, 11) is 0. The summed E-state index contributed by atoms with van der Waals surface area (Å²) in [6, 6.07) is 0. The summed E-state index contributed by atoms with van der Waals surface area (Å²) < 4.78 is 3.34. The van der Waals surface area contributed by atoms with Crippen LogP contribution in [-0.2, 0) is 4.74 Å². The third-order valence-corrected chi connectivity index (χ3v) is 17.3. The van der Waals surface area contributed by atoms with Gasteiger partial charge in [-0.3, -0.25) is 0 Å². The third kappa shape index (κ3) is 3.59. The molecule has 4 heteroatoms. The molecule has 21 heavy (non-hydrogen) atoms. The van der Waals surface area contributed by atoms with Crippen LogP contribution in [0, 0.1) is 0 Å². The Hall–Kier alpha value is 0.630. The third-order valence-electron chi connectivity index (χ3n) is 5.74. The number of rotatable bonds is 4. The number of carbonyl (C=O) groups excluding carboxylic acids is 1. The molecule has 0 amide bonds. The molecule has 2 aliphatic carbocycles. The van der Waals surface area contributed by atoms with Crippen molar-refractivity contribution in [3.8, 4) is 0 Å². The Bertz CT molecular complexity index is 347. The zero-order valence-corrected chi connectivity index (χ0v) is 17.0. The molecular formula is C17H32IO2P. The average Bonchev–Trinajstić information content (AvgIpc) is 2.48. The second kappa shape index (κ2) is 7.03. The fourth-order valence-corrected chi connectivity index (χ4v) is 13.0. The zero-order chi connectivity index (χ0) is 15.5.